The second-order valence-electron chi connectivity index (χ2n) is 2.55. The van der Waals surface area contributed by atoms with E-state index in [2.05, 4.69) is 0 Å². The summed E-state index contributed by atoms with van der Waals surface area (Å²) in [4.78, 5) is 11.1. The van der Waals surface area contributed by atoms with Crippen molar-refractivity contribution < 1.29 is 14.6 Å². The number of esters is 1. The van der Waals surface area contributed by atoms with Gasteiger partial charge in [0.2, 0.25) is 0 Å². The summed E-state index contributed by atoms with van der Waals surface area (Å²) in [5.74, 6) is 0.853. The third kappa shape index (κ3) is 1.87. The standard InChI is InChI=1S/C7H12O3S/c1-2-10-6(8)7(9)3-4-11-5-7/h9H,2-5H2,1H3/t7-/m0/s1. The van der Waals surface area contributed by atoms with E-state index >= 15 is 0 Å². The highest BCUT2D eigenvalue weighted by Gasteiger charge is 2.40. The highest BCUT2D eigenvalue weighted by molar-refractivity contribution is 7.99. The number of carbonyl (C=O) groups is 1. The van der Waals surface area contributed by atoms with Gasteiger partial charge in [0.1, 0.15) is 0 Å². The predicted octanol–water partition coefficient (Wildman–Crippen LogP) is 0.417. The van der Waals surface area contributed by atoms with Crippen molar-refractivity contribution in [2.45, 2.75) is 18.9 Å². The normalized spacial score (nSPS) is 30.4. The van der Waals surface area contributed by atoms with E-state index in [0.717, 1.165) is 5.75 Å². The van der Waals surface area contributed by atoms with Crippen molar-refractivity contribution >= 4 is 17.7 Å². The fourth-order valence-corrected chi connectivity index (χ4v) is 2.21. The maximum absolute atomic E-state index is 11.1. The van der Waals surface area contributed by atoms with Crippen molar-refractivity contribution in [2.24, 2.45) is 0 Å². The van der Waals surface area contributed by atoms with Gasteiger partial charge in [-0.15, -0.1) is 0 Å². The Morgan fingerprint density at radius 1 is 1.82 bits per heavy atom. The molecule has 1 N–H and O–H groups in total. The average Bonchev–Trinajstić information content (AvgIpc) is 2.38. The molecule has 4 heteroatoms. The fraction of sp³-hybridized carbons (Fsp3) is 0.857. The molecule has 0 radical (unpaired) electrons. The van der Waals surface area contributed by atoms with Crippen LogP contribution in [-0.4, -0.2) is 34.8 Å². The zero-order valence-corrected chi connectivity index (χ0v) is 7.32. The van der Waals surface area contributed by atoms with E-state index in [0.29, 0.717) is 18.8 Å². The minimum Gasteiger partial charge on any atom is -0.464 e. The van der Waals surface area contributed by atoms with E-state index < -0.39 is 11.6 Å². The Bertz CT molecular complexity index is 152. The summed E-state index contributed by atoms with van der Waals surface area (Å²) >= 11 is 1.58. The van der Waals surface area contributed by atoms with Crippen molar-refractivity contribution in [1.82, 2.24) is 0 Å². The van der Waals surface area contributed by atoms with Gasteiger partial charge >= 0.3 is 5.97 Å². The molecule has 0 bridgehead atoms. The molecule has 0 aromatic heterocycles. The van der Waals surface area contributed by atoms with Gasteiger partial charge in [-0.05, 0) is 19.1 Å². The third-order valence-electron chi connectivity index (χ3n) is 1.66. The maximum atomic E-state index is 11.1. The van der Waals surface area contributed by atoms with Gasteiger partial charge in [-0.25, -0.2) is 4.79 Å². The zero-order chi connectivity index (χ0) is 8.32. The molecule has 1 saturated heterocycles. The summed E-state index contributed by atoms with van der Waals surface area (Å²) in [6.07, 6.45) is 0.524. The van der Waals surface area contributed by atoms with Crippen molar-refractivity contribution in [3.63, 3.8) is 0 Å². The van der Waals surface area contributed by atoms with Crippen LogP contribution in [0.5, 0.6) is 0 Å². The lowest BCUT2D eigenvalue weighted by Gasteiger charge is -2.17. The van der Waals surface area contributed by atoms with E-state index in [9.17, 15) is 9.90 Å². The Balaban J connectivity index is 2.49. The second kappa shape index (κ2) is 3.45. The smallest absolute Gasteiger partial charge is 0.339 e. The molecule has 11 heavy (non-hydrogen) atoms. The molecule has 0 unspecified atom stereocenters. The highest BCUT2D eigenvalue weighted by atomic mass is 32.2. The number of hydrogen-bond acceptors (Lipinski definition) is 4. The van der Waals surface area contributed by atoms with Crippen LogP contribution in [0.2, 0.25) is 0 Å². The fourth-order valence-electron chi connectivity index (χ4n) is 0.981. The predicted molar refractivity (Wildman–Crippen MR) is 43.5 cm³/mol. The number of carbonyl (C=O) groups excluding carboxylic acids is 1. The lowest BCUT2D eigenvalue weighted by Crippen LogP contribution is -2.39. The van der Waals surface area contributed by atoms with Crippen LogP contribution < -0.4 is 0 Å². The van der Waals surface area contributed by atoms with Gasteiger partial charge < -0.3 is 9.84 Å². The van der Waals surface area contributed by atoms with Crippen molar-refractivity contribution in [2.75, 3.05) is 18.1 Å². The van der Waals surface area contributed by atoms with Gasteiger partial charge in [0.25, 0.3) is 0 Å². The second-order valence-corrected chi connectivity index (χ2v) is 3.66. The van der Waals surface area contributed by atoms with Crippen LogP contribution in [0.1, 0.15) is 13.3 Å². The molecule has 0 aromatic carbocycles. The van der Waals surface area contributed by atoms with Crippen LogP contribution in [0, 0.1) is 0 Å². The van der Waals surface area contributed by atoms with Crippen molar-refractivity contribution in [1.29, 1.82) is 0 Å². The molecular weight excluding hydrogens is 164 g/mol. The molecule has 0 aromatic rings. The monoisotopic (exact) mass is 176 g/mol. The summed E-state index contributed by atoms with van der Waals surface area (Å²) in [6.45, 7) is 2.08. The topological polar surface area (TPSA) is 46.5 Å². The molecule has 1 aliphatic rings. The van der Waals surface area contributed by atoms with E-state index in [-0.39, 0.29) is 0 Å². The molecule has 0 spiro atoms. The Hall–Kier alpha value is -0.220. The number of hydrogen-bond donors (Lipinski definition) is 1. The SMILES string of the molecule is CCOC(=O)[C@]1(O)CCSC1. The minimum absolute atomic E-state index is 0.339. The van der Waals surface area contributed by atoms with Crippen LogP contribution in [-0.2, 0) is 9.53 Å². The number of thioether (sulfide) groups is 1. The van der Waals surface area contributed by atoms with Crippen LogP contribution in [0.4, 0.5) is 0 Å². The van der Waals surface area contributed by atoms with Crippen LogP contribution in [0.3, 0.4) is 0 Å². The molecule has 64 valence electrons. The number of aliphatic hydroxyl groups is 1. The minimum atomic E-state index is -1.19. The Labute approximate surface area is 70.1 Å². The lowest BCUT2D eigenvalue weighted by molar-refractivity contribution is -0.162. The lowest BCUT2D eigenvalue weighted by atomic mass is 10.1. The molecule has 0 amide bonds. The molecule has 0 saturated carbocycles. The quantitative estimate of drug-likeness (QED) is 0.619. The molecule has 1 aliphatic heterocycles. The number of rotatable bonds is 2. The summed E-state index contributed by atoms with van der Waals surface area (Å²) in [6, 6.07) is 0. The van der Waals surface area contributed by atoms with Gasteiger partial charge in [0.15, 0.2) is 5.60 Å². The Morgan fingerprint density at radius 3 is 3.00 bits per heavy atom. The highest BCUT2D eigenvalue weighted by Crippen LogP contribution is 2.28. The van der Waals surface area contributed by atoms with E-state index in [4.69, 9.17) is 4.74 Å². The van der Waals surface area contributed by atoms with Gasteiger partial charge in [0.05, 0.1) is 6.61 Å². The largest absolute Gasteiger partial charge is 0.464 e. The molecule has 3 nitrogen and oxygen atoms in total. The molecular formula is C7H12O3S. The number of ether oxygens (including phenoxy) is 1. The van der Waals surface area contributed by atoms with Crippen molar-refractivity contribution in [3.8, 4) is 0 Å². The summed E-state index contributed by atoms with van der Waals surface area (Å²) in [7, 11) is 0. The summed E-state index contributed by atoms with van der Waals surface area (Å²) in [5, 5.41) is 9.60. The molecule has 1 fully saturated rings. The summed E-state index contributed by atoms with van der Waals surface area (Å²) in [5.41, 5.74) is -1.19. The van der Waals surface area contributed by atoms with E-state index in [1.807, 2.05) is 0 Å². The molecule has 1 rings (SSSR count). The average molecular weight is 176 g/mol. The summed E-state index contributed by atoms with van der Waals surface area (Å²) < 4.78 is 4.73. The van der Waals surface area contributed by atoms with Crippen LogP contribution >= 0.6 is 11.8 Å². The van der Waals surface area contributed by atoms with Crippen LogP contribution in [0.25, 0.3) is 0 Å². The molecule has 1 heterocycles. The maximum Gasteiger partial charge on any atom is 0.339 e. The molecule has 0 aliphatic carbocycles. The van der Waals surface area contributed by atoms with Gasteiger partial charge in [-0.1, -0.05) is 0 Å². The van der Waals surface area contributed by atoms with E-state index in [1.54, 1.807) is 18.7 Å². The Morgan fingerprint density at radius 2 is 2.55 bits per heavy atom. The van der Waals surface area contributed by atoms with Crippen molar-refractivity contribution in [3.05, 3.63) is 0 Å². The first-order valence-electron chi connectivity index (χ1n) is 3.66. The van der Waals surface area contributed by atoms with Crippen LogP contribution in [0.15, 0.2) is 0 Å². The van der Waals surface area contributed by atoms with Gasteiger partial charge in [-0.3, -0.25) is 0 Å². The first kappa shape index (κ1) is 8.87. The Kier molecular flexibility index (Phi) is 2.78. The third-order valence-corrected chi connectivity index (χ3v) is 2.83. The first-order chi connectivity index (χ1) is 5.19. The van der Waals surface area contributed by atoms with E-state index in [1.165, 1.54) is 0 Å². The zero-order valence-electron chi connectivity index (χ0n) is 6.50. The van der Waals surface area contributed by atoms with Gasteiger partial charge in [-0.2, -0.15) is 11.8 Å². The molecule has 1 atom stereocenters. The first-order valence-corrected chi connectivity index (χ1v) is 4.82. The van der Waals surface area contributed by atoms with Gasteiger partial charge in [0, 0.05) is 5.75 Å².